The Hall–Kier alpha value is -2.90. The Morgan fingerprint density at radius 2 is 1.75 bits per heavy atom. The van der Waals surface area contributed by atoms with E-state index in [9.17, 15) is 29.4 Å². The van der Waals surface area contributed by atoms with E-state index in [0.717, 1.165) is 30.4 Å². The van der Waals surface area contributed by atoms with E-state index >= 15 is 0 Å². The molecule has 2 heterocycles. The van der Waals surface area contributed by atoms with E-state index in [0.29, 0.717) is 57.9 Å². The Morgan fingerprint density at radius 3 is 2.38 bits per heavy atom. The molecule has 3 aliphatic rings. The van der Waals surface area contributed by atoms with Gasteiger partial charge in [0.25, 0.3) is 0 Å². The van der Waals surface area contributed by atoms with E-state index < -0.39 is 48.3 Å². The number of ether oxygens (including phenoxy) is 5. The number of Topliss-reactive ketones (excluding diaryl/α,β-unsaturated/α-hetero) is 1. The number of rotatable bonds is 21. The molecule has 2 N–H and O–H groups in total. The number of hydrogen-bond acceptors (Lipinski definition) is 11. The summed E-state index contributed by atoms with van der Waals surface area (Å²) in [7, 11) is 4.81. The molecule has 1 saturated carbocycles. The highest BCUT2D eigenvalue weighted by atomic mass is 16.6. The van der Waals surface area contributed by atoms with Crippen LogP contribution in [0.2, 0.25) is 0 Å². The first kappa shape index (κ1) is 46.5. The highest BCUT2D eigenvalue weighted by Crippen LogP contribution is 2.33. The highest BCUT2D eigenvalue weighted by Gasteiger charge is 2.41. The van der Waals surface area contributed by atoms with Gasteiger partial charge in [0, 0.05) is 46.1 Å². The number of aliphatic hydroxyl groups is 2. The fourth-order valence-corrected chi connectivity index (χ4v) is 8.64. The fourth-order valence-electron chi connectivity index (χ4n) is 8.64. The minimum Gasteiger partial charge on any atom is -0.457 e. The number of cyclic esters (lactones) is 1. The standard InChI is InChI=1S/C43H69NO11/c1-10-13-32(19-26(2)18-27(3)20-38(52-8)41-39(53-9)22-29(5)42(49)55-41)36(48)24-35(47)30(6)40(54-43(50)33-14-11-12-17-44(33)25-45)28(4)21-31-15-16-34(46)37(23-31)51-7/h10,19,21,25,27,29-35,37-41,46-47H,1,11-18,20,22-24H2,2-9H3/b26-19+,28-21+/t27-,29+,30+,31-,32+,33-,34+,35+,37+,38-,39-,40+,41+/m0/s1. The van der Waals surface area contributed by atoms with E-state index in [-0.39, 0.29) is 54.2 Å². The predicted molar refractivity (Wildman–Crippen MR) is 209 cm³/mol. The molecule has 1 amide bonds. The molecule has 13 atom stereocenters. The van der Waals surface area contributed by atoms with Gasteiger partial charge in [0.2, 0.25) is 6.41 Å². The van der Waals surface area contributed by atoms with Gasteiger partial charge < -0.3 is 38.8 Å². The maximum atomic E-state index is 13.8. The summed E-state index contributed by atoms with van der Waals surface area (Å²) >= 11 is 0. The molecule has 55 heavy (non-hydrogen) atoms. The molecule has 2 saturated heterocycles. The first-order valence-corrected chi connectivity index (χ1v) is 20.2. The van der Waals surface area contributed by atoms with Gasteiger partial charge in [0.1, 0.15) is 17.9 Å². The van der Waals surface area contributed by atoms with Gasteiger partial charge in [-0.2, -0.15) is 0 Å². The van der Waals surface area contributed by atoms with Crippen molar-refractivity contribution in [3.8, 4) is 0 Å². The number of esters is 2. The van der Waals surface area contributed by atoms with Crippen LogP contribution in [-0.2, 0) is 42.9 Å². The predicted octanol–water partition coefficient (Wildman–Crippen LogP) is 5.52. The molecule has 1 aliphatic carbocycles. The third-order valence-electron chi connectivity index (χ3n) is 11.9. The summed E-state index contributed by atoms with van der Waals surface area (Å²) in [5.74, 6) is -2.11. The number of aliphatic hydroxyl groups excluding tert-OH is 2. The summed E-state index contributed by atoms with van der Waals surface area (Å²) in [5, 5.41) is 22.0. The lowest BCUT2D eigenvalue weighted by molar-refractivity contribution is -0.189. The highest BCUT2D eigenvalue weighted by molar-refractivity contribution is 5.83. The second kappa shape index (κ2) is 22.7. The number of carbonyl (C=O) groups excluding carboxylic acids is 4. The second-order valence-electron chi connectivity index (χ2n) is 16.4. The van der Waals surface area contributed by atoms with Crippen LogP contribution >= 0.6 is 0 Å². The summed E-state index contributed by atoms with van der Waals surface area (Å²) in [6.07, 6.45) is 8.59. The van der Waals surface area contributed by atoms with Crippen LogP contribution in [0.3, 0.4) is 0 Å². The van der Waals surface area contributed by atoms with Crippen molar-refractivity contribution in [2.75, 3.05) is 27.9 Å². The minimum atomic E-state index is -1.13. The second-order valence-corrected chi connectivity index (χ2v) is 16.4. The van der Waals surface area contributed by atoms with Crippen molar-refractivity contribution in [3.05, 3.63) is 36.0 Å². The first-order chi connectivity index (χ1) is 26.2. The van der Waals surface area contributed by atoms with Crippen molar-refractivity contribution < 1.29 is 53.1 Å². The molecule has 0 unspecified atom stereocenters. The number of ketones is 1. The molecular weight excluding hydrogens is 706 g/mol. The van der Waals surface area contributed by atoms with Crippen LogP contribution in [-0.4, -0.2) is 116 Å². The zero-order valence-electron chi connectivity index (χ0n) is 34.5. The molecule has 12 nitrogen and oxygen atoms in total. The first-order valence-electron chi connectivity index (χ1n) is 20.2. The molecule has 12 heteroatoms. The molecule has 0 aromatic rings. The van der Waals surface area contributed by atoms with Crippen molar-refractivity contribution in [1.82, 2.24) is 4.90 Å². The zero-order chi connectivity index (χ0) is 40.8. The summed E-state index contributed by atoms with van der Waals surface area (Å²) in [5.41, 5.74) is 1.75. The maximum absolute atomic E-state index is 13.8. The lowest BCUT2D eigenvalue weighted by Gasteiger charge is -2.38. The zero-order valence-corrected chi connectivity index (χ0v) is 34.5. The van der Waals surface area contributed by atoms with Crippen LogP contribution < -0.4 is 0 Å². The molecular formula is C43H69NO11. The Labute approximate surface area is 329 Å². The lowest BCUT2D eigenvalue weighted by Crippen LogP contribution is -2.49. The van der Waals surface area contributed by atoms with E-state index in [4.69, 9.17) is 23.7 Å². The van der Waals surface area contributed by atoms with Crippen LogP contribution in [0.1, 0.15) is 105 Å². The number of amides is 1. The van der Waals surface area contributed by atoms with Gasteiger partial charge in [0.15, 0.2) is 6.10 Å². The van der Waals surface area contributed by atoms with E-state index in [2.05, 4.69) is 13.5 Å². The largest absolute Gasteiger partial charge is 0.457 e. The molecule has 3 rings (SSSR count). The quantitative estimate of drug-likeness (QED) is 0.0859. The Kier molecular flexibility index (Phi) is 19.2. The summed E-state index contributed by atoms with van der Waals surface area (Å²) < 4.78 is 28.9. The average Bonchev–Trinajstić information content (AvgIpc) is 3.16. The van der Waals surface area contributed by atoms with Crippen molar-refractivity contribution >= 4 is 24.1 Å². The number of nitrogens with zero attached hydrogens (tertiary/aromatic N) is 1. The summed E-state index contributed by atoms with van der Waals surface area (Å²) in [6, 6.07) is -0.704. The Morgan fingerprint density at radius 1 is 1.04 bits per heavy atom. The normalized spacial score (nSPS) is 30.0. The van der Waals surface area contributed by atoms with Gasteiger partial charge in [-0.25, -0.2) is 4.79 Å². The van der Waals surface area contributed by atoms with Gasteiger partial charge >= 0.3 is 11.9 Å². The van der Waals surface area contributed by atoms with Crippen LogP contribution in [0.4, 0.5) is 0 Å². The van der Waals surface area contributed by atoms with Crippen LogP contribution in [0.15, 0.2) is 36.0 Å². The molecule has 3 fully saturated rings. The monoisotopic (exact) mass is 775 g/mol. The minimum absolute atomic E-state index is 0.0658. The average molecular weight is 776 g/mol. The molecule has 0 spiro atoms. The summed E-state index contributed by atoms with van der Waals surface area (Å²) in [4.78, 5) is 53.1. The lowest BCUT2D eigenvalue weighted by atomic mass is 9.81. The van der Waals surface area contributed by atoms with E-state index in [1.165, 1.54) is 4.90 Å². The van der Waals surface area contributed by atoms with Gasteiger partial charge in [0.05, 0.1) is 36.4 Å². The van der Waals surface area contributed by atoms with Crippen molar-refractivity contribution in [2.24, 2.45) is 29.6 Å². The van der Waals surface area contributed by atoms with E-state index in [1.54, 1.807) is 34.3 Å². The third kappa shape index (κ3) is 13.3. The van der Waals surface area contributed by atoms with Gasteiger partial charge in [-0.05, 0) is 95.5 Å². The third-order valence-corrected chi connectivity index (χ3v) is 11.9. The molecule has 0 radical (unpaired) electrons. The van der Waals surface area contributed by atoms with Gasteiger partial charge in [-0.1, -0.05) is 44.6 Å². The number of piperidine rings is 1. The smallest absolute Gasteiger partial charge is 0.329 e. The molecule has 312 valence electrons. The van der Waals surface area contributed by atoms with Crippen molar-refractivity contribution in [1.29, 1.82) is 0 Å². The SMILES string of the molecule is C=CC[C@H](/C=C(\C)C[C@H](C)C[C@H](OC)[C@H]1OC(=O)[C@H](C)C[C@@H]1OC)C(=O)C[C@@H](O)[C@@H](C)[C@H](OC(=O)[C@@H]1CCCCN1C=O)/C(C)=C/[C@@H]1CC[C@@H](O)[C@H](OC)C1. The van der Waals surface area contributed by atoms with Crippen molar-refractivity contribution in [3.63, 3.8) is 0 Å². The maximum Gasteiger partial charge on any atom is 0.329 e. The number of carbonyl (C=O) groups is 4. The van der Waals surface area contributed by atoms with Crippen LogP contribution in [0.5, 0.6) is 0 Å². The topological polar surface area (TPSA) is 158 Å². The molecule has 0 bridgehead atoms. The Balaban J connectivity index is 1.74. The number of allylic oxidation sites excluding steroid dienone is 4. The summed E-state index contributed by atoms with van der Waals surface area (Å²) in [6.45, 7) is 13.9. The fraction of sp³-hybridized carbons (Fsp3) is 0.767. The number of methoxy groups -OCH3 is 3. The van der Waals surface area contributed by atoms with E-state index in [1.807, 2.05) is 32.9 Å². The van der Waals surface area contributed by atoms with Crippen LogP contribution in [0.25, 0.3) is 0 Å². The molecule has 2 aliphatic heterocycles. The van der Waals surface area contributed by atoms with Gasteiger partial charge in [-0.3, -0.25) is 14.4 Å². The number of likely N-dealkylation sites (tertiary alicyclic amines) is 1. The van der Waals surface area contributed by atoms with Crippen LogP contribution in [0, 0.1) is 29.6 Å². The number of hydrogen-bond donors (Lipinski definition) is 2. The molecule has 0 aromatic heterocycles. The van der Waals surface area contributed by atoms with Gasteiger partial charge in [-0.15, -0.1) is 6.58 Å². The Bertz CT molecular complexity index is 1330. The van der Waals surface area contributed by atoms with Crippen molar-refractivity contribution in [2.45, 2.75) is 154 Å². The molecule has 0 aromatic carbocycles.